The summed E-state index contributed by atoms with van der Waals surface area (Å²) in [4.78, 5) is 22.9. The van der Waals surface area contributed by atoms with Crippen LogP contribution in [0, 0.1) is 17.8 Å². The number of ketones is 2. The summed E-state index contributed by atoms with van der Waals surface area (Å²) in [5.74, 6) is 1.57. The molecule has 0 amide bonds. The SMILES string of the molecule is C=C(C)[C@@H]1CCC(=O)[C@H]([C@H](C)CCC(C)=O)C1. The highest BCUT2D eigenvalue weighted by Crippen LogP contribution is 2.36. The Hall–Kier alpha value is -0.920. The molecule has 1 aliphatic rings. The lowest BCUT2D eigenvalue weighted by Gasteiger charge is -2.32. The van der Waals surface area contributed by atoms with Gasteiger partial charge in [-0.05, 0) is 44.9 Å². The van der Waals surface area contributed by atoms with Gasteiger partial charge in [-0.25, -0.2) is 0 Å². The van der Waals surface area contributed by atoms with E-state index in [4.69, 9.17) is 0 Å². The molecule has 96 valence electrons. The highest BCUT2D eigenvalue weighted by Gasteiger charge is 2.32. The second-order valence-electron chi connectivity index (χ2n) is 5.61. The van der Waals surface area contributed by atoms with Crippen LogP contribution in [0.3, 0.4) is 0 Å². The minimum absolute atomic E-state index is 0.143. The van der Waals surface area contributed by atoms with Crippen molar-refractivity contribution in [3.05, 3.63) is 12.2 Å². The molecule has 0 spiro atoms. The molecule has 1 aliphatic carbocycles. The predicted molar refractivity (Wildman–Crippen MR) is 69.7 cm³/mol. The van der Waals surface area contributed by atoms with Crippen LogP contribution in [-0.4, -0.2) is 11.6 Å². The minimum Gasteiger partial charge on any atom is -0.300 e. The Labute approximate surface area is 104 Å². The van der Waals surface area contributed by atoms with E-state index in [0.29, 0.717) is 30.5 Å². The molecular weight excluding hydrogens is 212 g/mol. The summed E-state index contributed by atoms with van der Waals surface area (Å²) in [5.41, 5.74) is 1.20. The number of hydrogen-bond acceptors (Lipinski definition) is 2. The van der Waals surface area contributed by atoms with Crippen molar-refractivity contribution < 1.29 is 9.59 Å². The van der Waals surface area contributed by atoms with Crippen molar-refractivity contribution in [2.75, 3.05) is 0 Å². The fourth-order valence-corrected chi connectivity index (χ4v) is 2.69. The van der Waals surface area contributed by atoms with E-state index in [1.54, 1.807) is 6.92 Å². The Kier molecular flexibility index (Phi) is 5.10. The van der Waals surface area contributed by atoms with Gasteiger partial charge in [-0.3, -0.25) is 4.79 Å². The molecule has 2 heteroatoms. The van der Waals surface area contributed by atoms with E-state index < -0.39 is 0 Å². The molecule has 1 rings (SSSR count). The Morgan fingerprint density at radius 3 is 2.65 bits per heavy atom. The van der Waals surface area contributed by atoms with Crippen LogP contribution in [0.4, 0.5) is 0 Å². The van der Waals surface area contributed by atoms with Gasteiger partial charge in [0.15, 0.2) is 0 Å². The molecule has 2 nitrogen and oxygen atoms in total. The standard InChI is InChI=1S/C15H24O2/c1-10(2)13-7-8-15(17)14(9-13)11(3)5-6-12(4)16/h11,13-14H,1,5-9H2,2-4H3/t11-,13-,14+/m1/s1. The molecule has 0 heterocycles. The molecule has 0 aromatic carbocycles. The fourth-order valence-electron chi connectivity index (χ4n) is 2.69. The largest absolute Gasteiger partial charge is 0.300 e. The van der Waals surface area contributed by atoms with Crippen LogP contribution in [0.25, 0.3) is 0 Å². The van der Waals surface area contributed by atoms with E-state index >= 15 is 0 Å². The maximum Gasteiger partial charge on any atom is 0.136 e. The Bertz CT molecular complexity index is 317. The molecule has 0 aromatic rings. The quantitative estimate of drug-likeness (QED) is 0.684. The number of Topliss-reactive ketones (excluding diaryl/α,β-unsaturated/α-hetero) is 2. The van der Waals surface area contributed by atoms with Gasteiger partial charge in [-0.2, -0.15) is 0 Å². The van der Waals surface area contributed by atoms with Crippen LogP contribution >= 0.6 is 0 Å². The van der Waals surface area contributed by atoms with Crippen LogP contribution in [0.15, 0.2) is 12.2 Å². The lowest BCUT2D eigenvalue weighted by atomic mass is 9.72. The summed E-state index contributed by atoms with van der Waals surface area (Å²) >= 11 is 0. The summed E-state index contributed by atoms with van der Waals surface area (Å²) in [7, 11) is 0. The van der Waals surface area contributed by atoms with Gasteiger partial charge in [0.05, 0.1) is 0 Å². The van der Waals surface area contributed by atoms with Crippen LogP contribution in [0.2, 0.25) is 0 Å². The average Bonchev–Trinajstić information content (AvgIpc) is 2.26. The predicted octanol–water partition coefficient (Wildman–Crippen LogP) is 3.55. The molecule has 1 saturated carbocycles. The maximum absolute atomic E-state index is 11.9. The van der Waals surface area contributed by atoms with Crippen molar-refractivity contribution in [1.29, 1.82) is 0 Å². The summed E-state index contributed by atoms with van der Waals surface area (Å²) in [5, 5.41) is 0. The van der Waals surface area contributed by atoms with Crippen LogP contribution in [0.5, 0.6) is 0 Å². The van der Waals surface area contributed by atoms with Crippen molar-refractivity contribution in [2.45, 2.75) is 52.9 Å². The van der Waals surface area contributed by atoms with Crippen molar-refractivity contribution >= 4 is 11.6 Å². The first-order valence-corrected chi connectivity index (χ1v) is 6.59. The molecule has 0 unspecified atom stereocenters. The molecule has 0 radical (unpaired) electrons. The summed E-state index contributed by atoms with van der Waals surface area (Å²) in [6, 6.07) is 0. The normalized spacial score (nSPS) is 26.6. The van der Waals surface area contributed by atoms with Gasteiger partial charge in [0.25, 0.3) is 0 Å². The zero-order valence-corrected chi connectivity index (χ0v) is 11.3. The lowest BCUT2D eigenvalue weighted by Crippen LogP contribution is -2.30. The van der Waals surface area contributed by atoms with Crippen LogP contribution in [0.1, 0.15) is 52.9 Å². The number of hydrogen-bond donors (Lipinski definition) is 0. The first-order chi connectivity index (χ1) is 7.91. The zero-order chi connectivity index (χ0) is 13.0. The van der Waals surface area contributed by atoms with E-state index in [1.165, 1.54) is 5.57 Å². The minimum atomic E-state index is 0.143. The van der Waals surface area contributed by atoms with Crippen molar-refractivity contribution in [2.24, 2.45) is 17.8 Å². The molecule has 0 bridgehead atoms. The smallest absolute Gasteiger partial charge is 0.136 e. The topological polar surface area (TPSA) is 34.1 Å². The number of allylic oxidation sites excluding steroid dienone is 1. The molecule has 17 heavy (non-hydrogen) atoms. The highest BCUT2D eigenvalue weighted by molar-refractivity contribution is 5.82. The molecule has 1 fully saturated rings. The van der Waals surface area contributed by atoms with Crippen molar-refractivity contribution in [3.8, 4) is 0 Å². The Morgan fingerprint density at radius 1 is 1.47 bits per heavy atom. The van der Waals surface area contributed by atoms with Gasteiger partial charge >= 0.3 is 0 Å². The van der Waals surface area contributed by atoms with E-state index in [2.05, 4.69) is 20.4 Å². The monoisotopic (exact) mass is 236 g/mol. The molecule has 0 N–H and O–H groups in total. The fraction of sp³-hybridized carbons (Fsp3) is 0.733. The summed E-state index contributed by atoms with van der Waals surface area (Å²) < 4.78 is 0. The number of rotatable bonds is 5. The molecular formula is C15H24O2. The Balaban J connectivity index is 2.57. The lowest BCUT2D eigenvalue weighted by molar-refractivity contribution is -0.127. The van der Waals surface area contributed by atoms with Gasteiger partial charge in [0, 0.05) is 18.8 Å². The zero-order valence-electron chi connectivity index (χ0n) is 11.3. The third-order valence-electron chi connectivity index (χ3n) is 4.03. The van der Waals surface area contributed by atoms with Gasteiger partial charge in [-0.15, -0.1) is 0 Å². The summed E-state index contributed by atoms with van der Waals surface area (Å²) in [6.07, 6.45) is 4.03. The Morgan fingerprint density at radius 2 is 2.12 bits per heavy atom. The second kappa shape index (κ2) is 6.13. The third kappa shape index (κ3) is 4.10. The molecule has 0 saturated heterocycles. The third-order valence-corrected chi connectivity index (χ3v) is 4.03. The second-order valence-corrected chi connectivity index (χ2v) is 5.61. The summed E-state index contributed by atoms with van der Waals surface area (Å²) in [6.45, 7) is 9.78. The van der Waals surface area contributed by atoms with E-state index in [-0.39, 0.29) is 11.7 Å². The average molecular weight is 236 g/mol. The highest BCUT2D eigenvalue weighted by atomic mass is 16.1. The van der Waals surface area contributed by atoms with E-state index in [1.807, 2.05) is 0 Å². The number of carbonyl (C=O) groups excluding carboxylic acids is 2. The van der Waals surface area contributed by atoms with Crippen LogP contribution < -0.4 is 0 Å². The van der Waals surface area contributed by atoms with Crippen molar-refractivity contribution in [1.82, 2.24) is 0 Å². The van der Waals surface area contributed by atoms with Gasteiger partial charge in [0.2, 0.25) is 0 Å². The molecule has 0 aliphatic heterocycles. The molecule has 0 aromatic heterocycles. The maximum atomic E-state index is 11.9. The van der Waals surface area contributed by atoms with Crippen LogP contribution in [-0.2, 0) is 9.59 Å². The van der Waals surface area contributed by atoms with Gasteiger partial charge < -0.3 is 4.79 Å². The van der Waals surface area contributed by atoms with Gasteiger partial charge in [-0.1, -0.05) is 19.1 Å². The van der Waals surface area contributed by atoms with E-state index in [9.17, 15) is 9.59 Å². The number of carbonyl (C=O) groups is 2. The first kappa shape index (κ1) is 14.1. The first-order valence-electron chi connectivity index (χ1n) is 6.59. The van der Waals surface area contributed by atoms with Crippen molar-refractivity contribution in [3.63, 3.8) is 0 Å². The van der Waals surface area contributed by atoms with Gasteiger partial charge in [0.1, 0.15) is 11.6 Å². The van der Waals surface area contributed by atoms with E-state index in [0.717, 1.165) is 19.3 Å². The molecule has 3 atom stereocenters.